The van der Waals surface area contributed by atoms with Crippen LogP contribution in [0.25, 0.3) is 22.5 Å². The number of hydroxylamine groups is 1. The highest BCUT2D eigenvalue weighted by Gasteiger charge is 2.29. The highest BCUT2D eigenvalue weighted by molar-refractivity contribution is 5.73. The molecule has 1 aliphatic heterocycles. The Morgan fingerprint density at radius 1 is 1.00 bits per heavy atom. The number of aryl methyl sites for hydroxylation is 1. The number of halogens is 1. The average molecular weight is 500 g/mol. The number of rotatable bonds is 9. The molecular formula is C30H30FN3O3. The summed E-state index contributed by atoms with van der Waals surface area (Å²) in [7, 11) is 0. The van der Waals surface area contributed by atoms with Crippen LogP contribution in [-0.4, -0.2) is 25.1 Å². The van der Waals surface area contributed by atoms with Gasteiger partial charge in [-0.05, 0) is 36.2 Å². The predicted octanol–water partition coefficient (Wildman–Crippen LogP) is 5.61. The maximum absolute atomic E-state index is 14.9. The first-order valence-electron chi connectivity index (χ1n) is 12.4. The minimum atomic E-state index is -0.304. The lowest BCUT2D eigenvalue weighted by atomic mass is 10.0. The maximum atomic E-state index is 14.9. The van der Waals surface area contributed by atoms with Gasteiger partial charge in [0.25, 0.3) is 0 Å². The first-order valence-corrected chi connectivity index (χ1v) is 12.4. The van der Waals surface area contributed by atoms with E-state index in [2.05, 4.69) is 16.7 Å². The second-order valence-electron chi connectivity index (χ2n) is 9.25. The van der Waals surface area contributed by atoms with Gasteiger partial charge in [0.15, 0.2) is 0 Å². The zero-order chi connectivity index (χ0) is 25.8. The standard InChI is InChI=1S/C30H30FN3O3/c1-20-25(14-30(36-20)24-6-4-3-5-7-24)17-32-16-22-8-10-23(11-9-22)28-13-12-26(15-29(28)31)34-19-27(37-34)18-33-21(2)35/h3-15,27,32H,16-19H2,1-2H3,(H,33,35)/t27-/m0/s1. The van der Waals surface area contributed by atoms with Gasteiger partial charge in [0.2, 0.25) is 5.91 Å². The number of amides is 1. The van der Waals surface area contributed by atoms with Crippen molar-refractivity contribution in [3.8, 4) is 22.5 Å². The number of hydrogen-bond acceptors (Lipinski definition) is 5. The van der Waals surface area contributed by atoms with E-state index in [1.54, 1.807) is 11.1 Å². The summed E-state index contributed by atoms with van der Waals surface area (Å²) < 4.78 is 20.8. The van der Waals surface area contributed by atoms with Gasteiger partial charge in [-0.3, -0.25) is 14.7 Å². The average Bonchev–Trinajstić information content (AvgIpc) is 3.24. The van der Waals surface area contributed by atoms with Crippen molar-refractivity contribution in [1.82, 2.24) is 10.6 Å². The van der Waals surface area contributed by atoms with Crippen molar-refractivity contribution in [3.63, 3.8) is 0 Å². The van der Waals surface area contributed by atoms with Crippen molar-refractivity contribution in [2.24, 2.45) is 0 Å². The molecule has 7 heteroatoms. The number of anilines is 1. The number of furan rings is 1. The largest absolute Gasteiger partial charge is 0.461 e. The van der Waals surface area contributed by atoms with Crippen LogP contribution in [-0.2, 0) is 22.7 Å². The van der Waals surface area contributed by atoms with Crippen LogP contribution >= 0.6 is 0 Å². The molecule has 1 aliphatic rings. The van der Waals surface area contributed by atoms with E-state index in [-0.39, 0.29) is 17.8 Å². The second kappa shape index (κ2) is 11.0. The van der Waals surface area contributed by atoms with Crippen LogP contribution < -0.4 is 15.7 Å². The summed E-state index contributed by atoms with van der Waals surface area (Å²) >= 11 is 0. The summed E-state index contributed by atoms with van der Waals surface area (Å²) in [6.45, 7) is 5.90. The Labute approximate surface area is 216 Å². The van der Waals surface area contributed by atoms with E-state index in [1.165, 1.54) is 13.0 Å². The SMILES string of the molecule is CC(=O)NC[C@H]1CN(c2ccc(-c3ccc(CNCc4cc(-c5ccccc5)oc4C)cc3)c(F)c2)O1. The maximum Gasteiger partial charge on any atom is 0.216 e. The second-order valence-corrected chi connectivity index (χ2v) is 9.25. The van der Waals surface area contributed by atoms with E-state index < -0.39 is 0 Å². The molecule has 37 heavy (non-hydrogen) atoms. The van der Waals surface area contributed by atoms with Crippen LogP contribution in [0.5, 0.6) is 0 Å². The van der Waals surface area contributed by atoms with Crippen molar-refractivity contribution in [2.45, 2.75) is 33.0 Å². The molecule has 2 N–H and O–H groups in total. The predicted molar refractivity (Wildman–Crippen MR) is 142 cm³/mol. The molecular weight excluding hydrogens is 469 g/mol. The fourth-order valence-corrected chi connectivity index (χ4v) is 4.36. The molecule has 1 fully saturated rings. The van der Waals surface area contributed by atoms with Crippen LogP contribution in [0.4, 0.5) is 10.1 Å². The van der Waals surface area contributed by atoms with Gasteiger partial charge in [0, 0.05) is 49.3 Å². The number of carbonyl (C=O) groups excluding carboxylic acids is 1. The topological polar surface area (TPSA) is 66.7 Å². The Morgan fingerprint density at radius 2 is 1.76 bits per heavy atom. The lowest BCUT2D eigenvalue weighted by Crippen LogP contribution is -2.53. The minimum absolute atomic E-state index is 0.0869. The van der Waals surface area contributed by atoms with Gasteiger partial charge in [0.05, 0.1) is 12.2 Å². The van der Waals surface area contributed by atoms with Crippen molar-refractivity contribution >= 4 is 11.6 Å². The van der Waals surface area contributed by atoms with Gasteiger partial charge in [-0.25, -0.2) is 4.39 Å². The summed E-state index contributed by atoms with van der Waals surface area (Å²) in [5.74, 6) is 1.39. The van der Waals surface area contributed by atoms with Crippen molar-refractivity contribution in [2.75, 3.05) is 18.2 Å². The molecule has 0 spiro atoms. The highest BCUT2D eigenvalue weighted by atomic mass is 19.1. The summed E-state index contributed by atoms with van der Waals surface area (Å²) in [5.41, 5.74) is 5.33. The molecule has 2 heterocycles. The molecule has 1 aromatic heterocycles. The molecule has 1 atom stereocenters. The number of hydrogen-bond donors (Lipinski definition) is 2. The third kappa shape index (κ3) is 5.90. The molecule has 6 nitrogen and oxygen atoms in total. The third-order valence-electron chi connectivity index (χ3n) is 6.45. The summed E-state index contributed by atoms with van der Waals surface area (Å²) in [4.78, 5) is 16.6. The van der Waals surface area contributed by atoms with Gasteiger partial charge in [0.1, 0.15) is 23.4 Å². The molecule has 5 rings (SSSR count). The van der Waals surface area contributed by atoms with E-state index in [0.29, 0.717) is 37.4 Å². The number of nitrogens with zero attached hydrogens (tertiary/aromatic N) is 1. The van der Waals surface area contributed by atoms with Crippen LogP contribution in [0.1, 0.15) is 23.8 Å². The monoisotopic (exact) mass is 499 g/mol. The summed E-state index contributed by atoms with van der Waals surface area (Å²) in [5, 5.41) is 7.83. The van der Waals surface area contributed by atoms with E-state index in [0.717, 1.165) is 33.8 Å². The zero-order valence-electron chi connectivity index (χ0n) is 21.0. The van der Waals surface area contributed by atoms with E-state index >= 15 is 0 Å². The molecule has 0 saturated carbocycles. The van der Waals surface area contributed by atoms with Gasteiger partial charge in [-0.2, -0.15) is 0 Å². The smallest absolute Gasteiger partial charge is 0.216 e. The van der Waals surface area contributed by atoms with Crippen LogP contribution in [0.15, 0.2) is 83.3 Å². The Kier molecular flexibility index (Phi) is 7.35. The molecule has 1 saturated heterocycles. The van der Waals surface area contributed by atoms with Crippen molar-refractivity contribution in [1.29, 1.82) is 0 Å². The number of benzene rings is 3. The lowest BCUT2D eigenvalue weighted by molar-refractivity contribution is -0.121. The van der Waals surface area contributed by atoms with Crippen LogP contribution in [0.3, 0.4) is 0 Å². The molecule has 0 bridgehead atoms. The van der Waals surface area contributed by atoms with Gasteiger partial charge in [-0.15, -0.1) is 0 Å². The van der Waals surface area contributed by atoms with Crippen LogP contribution in [0, 0.1) is 12.7 Å². The van der Waals surface area contributed by atoms with E-state index in [1.807, 2.05) is 67.6 Å². The highest BCUT2D eigenvalue weighted by Crippen LogP contribution is 2.30. The third-order valence-corrected chi connectivity index (χ3v) is 6.45. The number of nitrogens with one attached hydrogen (secondary N) is 2. The molecule has 4 aromatic rings. The van der Waals surface area contributed by atoms with E-state index in [9.17, 15) is 9.18 Å². The lowest BCUT2D eigenvalue weighted by Gasteiger charge is -2.39. The molecule has 0 radical (unpaired) electrons. The number of carbonyl (C=O) groups is 1. The molecule has 3 aromatic carbocycles. The quantitative estimate of drug-likeness (QED) is 0.314. The van der Waals surface area contributed by atoms with E-state index in [4.69, 9.17) is 9.25 Å². The fraction of sp³-hybridized carbons (Fsp3) is 0.233. The first-order chi connectivity index (χ1) is 18.0. The summed E-state index contributed by atoms with van der Waals surface area (Å²) in [6, 6.07) is 25.2. The van der Waals surface area contributed by atoms with Crippen LogP contribution in [0.2, 0.25) is 0 Å². The Hall–Kier alpha value is -3.94. The van der Waals surface area contributed by atoms with Crippen molar-refractivity contribution < 1.29 is 18.4 Å². The van der Waals surface area contributed by atoms with Crippen molar-refractivity contribution in [3.05, 3.63) is 102 Å². The Balaban J connectivity index is 1.14. The van der Waals surface area contributed by atoms with Gasteiger partial charge >= 0.3 is 0 Å². The molecule has 0 unspecified atom stereocenters. The normalized spacial score (nSPS) is 14.9. The molecule has 190 valence electrons. The summed E-state index contributed by atoms with van der Waals surface area (Å²) in [6.07, 6.45) is -0.0869. The Morgan fingerprint density at radius 3 is 2.46 bits per heavy atom. The fourth-order valence-electron chi connectivity index (χ4n) is 4.36. The minimum Gasteiger partial charge on any atom is -0.461 e. The van der Waals surface area contributed by atoms with Gasteiger partial charge < -0.3 is 15.1 Å². The zero-order valence-corrected chi connectivity index (χ0v) is 21.0. The molecule has 0 aliphatic carbocycles. The first kappa shape index (κ1) is 24.7. The Bertz CT molecular complexity index is 1360. The van der Waals surface area contributed by atoms with Gasteiger partial charge in [-0.1, -0.05) is 54.6 Å². The molecule has 1 amide bonds.